The molecule has 0 aliphatic carbocycles. The van der Waals surface area contributed by atoms with E-state index in [1.165, 1.54) is 6.26 Å². The Hall–Kier alpha value is -2.25. The predicted molar refractivity (Wildman–Crippen MR) is 83.6 cm³/mol. The molecule has 8 heteroatoms. The smallest absolute Gasteiger partial charge is 0.407 e. The molecule has 1 aromatic rings. The molecule has 8 nitrogen and oxygen atoms in total. The molecule has 1 rings (SSSR count). The first-order valence-electron chi connectivity index (χ1n) is 7.21. The highest BCUT2D eigenvalue weighted by Gasteiger charge is 2.15. The molecule has 0 atom stereocenters. The fourth-order valence-corrected chi connectivity index (χ4v) is 1.52. The number of hydrogen-bond acceptors (Lipinski definition) is 5. The van der Waals surface area contributed by atoms with Gasteiger partial charge in [0.25, 0.3) is 0 Å². The summed E-state index contributed by atoms with van der Waals surface area (Å²) >= 11 is 0. The number of rotatable bonds is 6. The summed E-state index contributed by atoms with van der Waals surface area (Å²) in [6.07, 6.45) is 1.88. The van der Waals surface area contributed by atoms with Crippen LogP contribution in [0.1, 0.15) is 32.9 Å². The normalized spacial score (nSPS) is 11.9. The minimum Gasteiger partial charge on any atom is -0.444 e. The van der Waals surface area contributed by atoms with Gasteiger partial charge < -0.3 is 25.2 Å². The number of aromatic nitrogens is 1. The summed E-state index contributed by atoms with van der Waals surface area (Å²) < 4.78 is 9.89. The molecule has 3 N–H and O–H groups in total. The van der Waals surface area contributed by atoms with Crippen LogP contribution in [0.25, 0.3) is 0 Å². The van der Waals surface area contributed by atoms with E-state index in [1.54, 1.807) is 13.1 Å². The van der Waals surface area contributed by atoms with Crippen molar-refractivity contribution in [3.05, 3.63) is 18.0 Å². The third-order valence-corrected chi connectivity index (χ3v) is 2.47. The fraction of sp³-hybridized carbons (Fsp3) is 0.643. The monoisotopic (exact) mass is 311 g/mol. The lowest BCUT2D eigenvalue weighted by Crippen LogP contribution is -2.39. The number of amides is 1. The van der Waals surface area contributed by atoms with Crippen molar-refractivity contribution in [2.45, 2.75) is 39.3 Å². The summed E-state index contributed by atoms with van der Waals surface area (Å²) in [5.74, 6) is 0.667. The number of hydrogen-bond donors (Lipinski definition) is 3. The van der Waals surface area contributed by atoms with Gasteiger partial charge in [0.15, 0.2) is 5.96 Å². The lowest BCUT2D eigenvalue weighted by atomic mass is 10.2. The zero-order valence-electron chi connectivity index (χ0n) is 13.6. The van der Waals surface area contributed by atoms with Crippen molar-refractivity contribution in [1.29, 1.82) is 0 Å². The zero-order valence-corrected chi connectivity index (χ0v) is 13.6. The molecule has 22 heavy (non-hydrogen) atoms. The van der Waals surface area contributed by atoms with E-state index in [0.717, 1.165) is 12.1 Å². The molecule has 0 aromatic carbocycles. The summed E-state index contributed by atoms with van der Waals surface area (Å²) in [5.41, 5.74) is 0.324. The molecule has 0 bridgehead atoms. The molecule has 124 valence electrons. The van der Waals surface area contributed by atoms with Crippen molar-refractivity contribution in [2.24, 2.45) is 4.99 Å². The summed E-state index contributed by atoms with van der Waals surface area (Å²) in [4.78, 5) is 15.5. The lowest BCUT2D eigenvalue weighted by molar-refractivity contribution is 0.0527. The number of guanidine groups is 1. The van der Waals surface area contributed by atoms with Crippen molar-refractivity contribution < 1.29 is 14.1 Å². The highest BCUT2D eigenvalue weighted by molar-refractivity contribution is 5.79. The van der Waals surface area contributed by atoms with E-state index in [2.05, 4.69) is 26.1 Å². The molecule has 1 heterocycles. The second-order valence-corrected chi connectivity index (χ2v) is 5.63. The SMILES string of the molecule is CN=C(NCCCNC(=O)OC(C)(C)C)NCc1ccon1. The summed E-state index contributed by atoms with van der Waals surface area (Å²) in [6, 6.07) is 1.78. The molecule has 0 fully saturated rings. The average Bonchev–Trinajstić information content (AvgIpc) is 2.93. The van der Waals surface area contributed by atoms with Crippen molar-refractivity contribution in [1.82, 2.24) is 21.1 Å². The first-order chi connectivity index (χ1) is 10.4. The largest absolute Gasteiger partial charge is 0.444 e. The van der Waals surface area contributed by atoms with Crippen LogP contribution in [0, 0.1) is 0 Å². The van der Waals surface area contributed by atoms with Crippen LogP contribution in [0.4, 0.5) is 4.79 Å². The highest BCUT2D eigenvalue weighted by atomic mass is 16.6. The van der Waals surface area contributed by atoms with Gasteiger partial charge in [0, 0.05) is 26.2 Å². The van der Waals surface area contributed by atoms with Crippen LogP contribution in [0.5, 0.6) is 0 Å². The molecule has 1 aromatic heterocycles. The molecule has 0 aliphatic rings. The van der Waals surface area contributed by atoms with Crippen LogP contribution in [0.15, 0.2) is 21.8 Å². The maximum atomic E-state index is 11.4. The second-order valence-electron chi connectivity index (χ2n) is 5.63. The van der Waals surface area contributed by atoms with Crippen LogP contribution >= 0.6 is 0 Å². The van der Waals surface area contributed by atoms with Crippen LogP contribution < -0.4 is 16.0 Å². The fourth-order valence-electron chi connectivity index (χ4n) is 1.52. The third kappa shape index (κ3) is 8.13. The molecule has 1 amide bonds. The molecule has 0 radical (unpaired) electrons. The van der Waals surface area contributed by atoms with Gasteiger partial charge in [-0.3, -0.25) is 4.99 Å². The van der Waals surface area contributed by atoms with Crippen molar-refractivity contribution in [3.63, 3.8) is 0 Å². The Morgan fingerprint density at radius 3 is 2.64 bits per heavy atom. The summed E-state index contributed by atoms with van der Waals surface area (Å²) in [6.45, 7) is 7.23. The van der Waals surface area contributed by atoms with E-state index < -0.39 is 11.7 Å². The quantitative estimate of drug-likeness (QED) is 0.415. The Balaban J connectivity index is 2.11. The van der Waals surface area contributed by atoms with Gasteiger partial charge in [-0.05, 0) is 27.2 Å². The Morgan fingerprint density at radius 1 is 1.32 bits per heavy atom. The van der Waals surface area contributed by atoms with Gasteiger partial charge in [-0.25, -0.2) is 4.79 Å². The zero-order chi connectivity index (χ0) is 16.4. The summed E-state index contributed by atoms with van der Waals surface area (Å²) in [5, 5.41) is 12.7. The minimum atomic E-state index is -0.477. The molecular weight excluding hydrogens is 286 g/mol. The Kier molecular flexibility index (Phi) is 7.21. The Bertz CT molecular complexity index is 465. The van der Waals surface area contributed by atoms with E-state index in [-0.39, 0.29) is 0 Å². The number of nitrogens with zero attached hydrogens (tertiary/aromatic N) is 2. The van der Waals surface area contributed by atoms with Gasteiger partial charge in [-0.1, -0.05) is 5.16 Å². The van der Waals surface area contributed by atoms with E-state index in [9.17, 15) is 4.79 Å². The van der Waals surface area contributed by atoms with Gasteiger partial charge in [-0.2, -0.15) is 0 Å². The van der Waals surface area contributed by atoms with E-state index >= 15 is 0 Å². The number of carbonyl (C=O) groups excluding carboxylic acids is 1. The number of nitrogens with one attached hydrogen (secondary N) is 3. The van der Waals surface area contributed by atoms with Gasteiger partial charge in [0.05, 0.1) is 6.54 Å². The van der Waals surface area contributed by atoms with E-state index in [1.807, 2.05) is 20.8 Å². The van der Waals surface area contributed by atoms with Gasteiger partial charge in [-0.15, -0.1) is 0 Å². The van der Waals surface area contributed by atoms with Crippen molar-refractivity contribution >= 4 is 12.1 Å². The molecule has 0 unspecified atom stereocenters. The first-order valence-corrected chi connectivity index (χ1v) is 7.21. The Morgan fingerprint density at radius 2 is 2.05 bits per heavy atom. The number of aliphatic imine (C=N–C) groups is 1. The standard InChI is InChI=1S/C14H25N5O3/c1-14(2,3)22-13(20)17-8-5-7-16-12(15-4)18-10-11-6-9-21-19-11/h6,9H,5,7-8,10H2,1-4H3,(H,17,20)(H2,15,16,18). The van der Waals surface area contributed by atoms with Gasteiger partial charge >= 0.3 is 6.09 Å². The van der Waals surface area contributed by atoms with Crippen LogP contribution in [-0.2, 0) is 11.3 Å². The van der Waals surface area contributed by atoms with E-state index in [4.69, 9.17) is 9.26 Å². The molecule has 0 saturated carbocycles. The Labute approximate surface area is 130 Å². The molecule has 0 spiro atoms. The van der Waals surface area contributed by atoms with Crippen LogP contribution in [0.3, 0.4) is 0 Å². The molecule has 0 aliphatic heterocycles. The minimum absolute atomic E-state index is 0.402. The second kappa shape index (κ2) is 8.91. The maximum Gasteiger partial charge on any atom is 0.407 e. The van der Waals surface area contributed by atoms with E-state index in [0.29, 0.717) is 25.6 Å². The van der Waals surface area contributed by atoms with Gasteiger partial charge in [0.1, 0.15) is 17.6 Å². The number of alkyl carbamates (subject to hydrolysis) is 1. The first kappa shape index (κ1) is 17.8. The molecular formula is C14H25N5O3. The van der Waals surface area contributed by atoms with Crippen molar-refractivity contribution in [3.8, 4) is 0 Å². The maximum absolute atomic E-state index is 11.4. The highest BCUT2D eigenvalue weighted by Crippen LogP contribution is 2.06. The van der Waals surface area contributed by atoms with Crippen molar-refractivity contribution in [2.75, 3.05) is 20.1 Å². The third-order valence-electron chi connectivity index (χ3n) is 2.47. The number of ether oxygens (including phenoxy) is 1. The number of carbonyl (C=O) groups is 1. The lowest BCUT2D eigenvalue weighted by Gasteiger charge is -2.19. The van der Waals surface area contributed by atoms with Gasteiger partial charge in [0.2, 0.25) is 0 Å². The topological polar surface area (TPSA) is 101 Å². The summed E-state index contributed by atoms with van der Waals surface area (Å²) in [7, 11) is 1.69. The average molecular weight is 311 g/mol. The molecule has 0 saturated heterocycles. The van der Waals surface area contributed by atoms with Crippen LogP contribution in [-0.4, -0.2) is 42.9 Å². The van der Waals surface area contributed by atoms with Crippen LogP contribution in [0.2, 0.25) is 0 Å². The predicted octanol–water partition coefficient (Wildman–Crippen LogP) is 1.25.